The van der Waals surface area contributed by atoms with Gasteiger partial charge in [0.15, 0.2) is 0 Å². The smallest absolute Gasteiger partial charge is 0.346 e. The lowest BCUT2D eigenvalue weighted by Crippen LogP contribution is -2.40. The topological polar surface area (TPSA) is 69.4 Å². The molecule has 1 saturated heterocycles. The first-order valence-electron chi connectivity index (χ1n) is 11.8. The Balaban J connectivity index is 1.34. The third kappa shape index (κ3) is 4.50. The van der Waals surface area contributed by atoms with Crippen LogP contribution in [0.3, 0.4) is 0 Å². The Morgan fingerprint density at radius 1 is 1.03 bits per heavy atom. The lowest BCUT2D eigenvalue weighted by Gasteiger charge is -2.32. The Morgan fingerprint density at radius 2 is 1.76 bits per heavy atom. The first kappa shape index (κ1) is 21.6. The molecule has 1 amide bonds. The third-order valence-electron chi connectivity index (χ3n) is 6.63. The molecule has 1 unspecified atom stereocenters. The van der Waals surface area contributed by atoms with E-state index >= 15 is 0 Å². The quantitative estimate of drug-likeness (QED) is 0.555. The number of amides is 1. The van der Waals surface area contributed by atoms with Crippen molar-refractivity contribution in [2.75, 3.05) is 26.8 Å². The summed E-state index contributed by atoms with van der Waals surface area (Å²) in [5.41, 5.74) is 2.88. The van der Waals surface area contributed by atoms with E-state index in [0.29, 0.717) is 25.3 Å². The number of likely N-dealkylation sites (tertiary alicyclic amines) is 1. The maximum atomic E-state index is 13.3. The molecule has 0 bridgehead atoms. The highest BCUT2D eigenvalue weighted by molar-refractivity contribution is 5.94. The second kappa shape index (κ2) is 9.35. The Kier molecular flexibility index (Phi) is 6.13. The first-order chi connectivity index (χ1) is 16.2. The maximum absolute atomic E-state index is 13.3. The number of rotatable bonds is 7. The molecule has 172 valence electrons. The number of carbonyl (C=O) groups is 1. The zero-order chi connectivity index (χ0) is 22.8. The number of nitrogens with zero attached hydrogens (tertiary/aromatic N) is 4. The van der Waals surface area contributed by atoms with Crippen LogP contribution in [0.15, 0.2) is 59.4 Å². The van der Waals surface area contributed by atoms with E-state index in [9.17, 15) is 9.59 Å². The second-order valence-corrected chi connectivity index (χ2v) is 8.99. The molecule has 0 radical (unpaired) electrons. The molecule has 5 rings (SSSR count). The van der Waals surface area contributed by atoms with Crippen molar-refractivity contribution in [1.82, 2.24) is 19.2 Å². The van der Waals surface area contributed by atoms with Crippen molar-refractivity contribution in [2.24, 2.45) is 0 Å². The second-order valence-electron chi connectivity index (χ2n) is 8.99. The number of benzene rings is 2. The molecule has 2 fully saturated rings. The maximum Gasteiger partial charge on any atom is 0.346 e. The van der Waals surface area contributed by atoms with Crippen molar-refractivity contribution in [3.8, 4) is 11.1 Å². The standard InChI is InChI=1S/C26H30N4O3/c1-33-17-16-29-26(32)30(23-13-14-23)24(27-29)22-8-5-15-28(18-22)25(31)21-11-9-20(10-12-21)19-6-3-2-4-7-19/h2-4,6-7,9-12,22-23H,5,8,13-18H2,1H3. The van der Waals surface area contributed by atoms with Crippen LogP contribution in [-0.4, -0.2) is 52.0 Å². The average molecular weight is 447 g/mol. The molecule has 2 aliphatic rings. The molecule has 7 heteroatoms. The highest BCUT2D eigenvalue weighted by Gasteiger charge is 2.35. The zero-order valence-electron chi connectivity index (χ0n) is 19.0. The van der Waals surface area contributed by atoms with Gasteiger partial charge < -0.3 is 9.64 Å². The number of hydrogen-bond acceptors (Lipinski definition) is 4. The van der Waals surface area contributed by atoms with Crippen molar-refractivity contribution < 1.29 is 9.53 Å². The van der Waals surface area contributed by atoms with Crippen LogP contribution in [0.25, 0.3) is 11.1 Å². The van der Waals surface area contributed by atoms with Crippen LogP contribution >= 0.6 is 0 Å². The molecule has 2 heterocycles. The Morgan fingerprint density at radius 3 is 2.45 bits per heavy atom. The fraction of sp³-hybridized carbons (Fsp3) is 0.423. The van der Waals surface area contributed by atoms with E-state index in [1.807, 2.05) is 51.9 Å². The van der Waals surface area contributed by atoms with Gasteiger partial charge in [-0.2, -0.15) is 5.10 Å². The third-order valence-corrected chi connectivity index (χ3v) is 6.63. The van der Waals surface area contributed by atoms with Crippen LogP contribution in [0, 0.1) is 0 Å². The predicted molar refractivity (Wildman–Crippen MR) is 126 cm³/mol. The number of ether oxygens (including phenoxy) is 1. The van der Waals surface area contributed by atoms with E-state index in [0.717, 1.165) is 49.2 Å². The van der Waals surface area contributed by atoms with Gasteiger partial charge in [0.25, 0.3) is 5.91 Å². The summed E-state index contributed by atoms with van der Waals surface area (Å²) in [6, 6.07) is 18.2. The van der Waals surface area contributed by atoms with Crippen molar-refractivity contribution >= 4 is 5.91 Å². The van der Waals surface area contributed by atoms with E-state index in [2.05, 4.69) is 12.1 Å². The minimum atomic E-state index is -0.0514. The molecule has 1 aliphatic heterocycles. The Hall–Kier alpha value is -3.19. The SMILES string of the molecule is COCCn1nc(C2CCCN(C(=O)c3ccc(-c4ccccc4)cc3)C2)n(C2CC2)c1=O. The van der Waals surface area contributed by atoms with Crippen LogP contribution in [0.5, 0.6) is 0 Å². The zero-order valence-corrected chi connectivity index (χ0v) is 19.0. The Labute approximate surface area is 193 Å². The van der Waals surface area contributed by atoms with Gasteiger partial charge in [0.2, 0.25) is 0 Å². The summed E-state index contributed by atoms with van der Waals surface area (Å²) in [6.07, 6.45) is 3.88. The van der Waals surface area contributed by atoms with Gasteiger partial charge in [-0.3, -0.25) is 9.36 Å². The van der Waals surface area contributed by atoms with Crippen LogP contribution < -0.4 is 5.69 Å². The van der Waals surface area contributed by atoms with Crippen molar-refractivity contribution in [3.63, 3.8) is 0 Å². The number of hydrogen-bond donors (Lipinski definition) is 0. The Bertz CT molecular complexity index is 1160. The summed E-state index contributed by atoms with van der Waals surface area (Å²) in [5, 5.41) is 4.69. The molecular formula is C26H30N4O3. The normalized spacial score (nSPS) is 18.5. The van der Waals surface area contributed by atoms with E-state index in [1.165, 1.54) is 4.68 Å². The number of piperidine rings is 1. The van der Waals surface area contributed by atoms with Gasteiger partial charge in [-0.15, -0.1) is 0 Å². The molecule has 2 aromatic carbocycles. The monoisotopic (exact) mass is 446 g/mol. The average Bonchev–Trinajstić information content (AvgIpc) is 3.66. The summed E-state index contributed by atoms with van der Waals surface area (Å²) in [4.78, 5) is 28.1. The van der Waals surface area contributed by atoms with Crippen molar-refractivity contribution in [1.29, 1.82) is 0 Å². The summed E-state index contributed by atoms with van der Waals surface area (Å²) < 4.78 is 8.55. The van der Waals surface area contributed by atoms with Gasteiger partial charge in [-0.25, -0.2) is 9.48 Å². The van der Waals surface area contributed by atoms with E-state index in [-0.39, 0.29) is 23.6 Å². The molecule has 1 aliphatic carbocycles. The van der Waals surface area contributed by atoms with Gasteiger partial charge in [0.1, 0.15) is 5.82 Å². The van der Waals surface area contributed by atoms with Crippen LogP contribution in [0.2, 0.25) is 0 Å². The number of carbonyl (C=O) groups excluding carboxylic acids is 1. The number of methoxy groups -OCH3 is 1. The van der Waals surface area contributed by atoms with E-state index in [4.69, 9.17) is 9.84 Å². The molecule has 33 heavy (non-hydrogen) atoms. The summed E-state index contributed by atoms with van der Waals surface area (Å²) in [6.45, 7) is 2.22. The van der Waals surface area contributed by atoms with Crippen LogP contribution in [0.4, 0.5) is 0 Å². The fourth-order valence-electron chi connectivity index (χ4n) is 4.71. The van der Waals surface area contributed by atoms with Crippen molar-refractivity contribution in [2.45, 2.75) is 44.2 Å². The molecule has 3 aromatic rings. The van der Waals surface area contributed by atoms with E-state index < -0.39 is 0 Å². The van der Waals surface area contributed by atoms with Gasteiger partial charge in [-0.1, -0.05) is 42.5 Å². The number of aromatic nitrogens is 3. The highest BCUT2D eigenvalue weighted by atomic mass is 16.5. The summed E-state index contributed by atoms with van der Waals surface area (Å²) in [5.74, 6) is 0.942. The fourth-order valence-corrected chi connectivity index (χ4v) is 4.71. The highest BCUT2D eigenvalue weighted by Crippen LogP contribution is 2.37. The minimum absolute atomic E-state index is 0.0402. The molecule has 7 nitrogen and oxygen atoms in total. The summed E-state index contributed by atoms with van der Waals surface area (Å²) in [7, 11) is 1.63. The molecule has 1 saturated carbocycles. The van der Waals surface area contributed by atoms with Gasteiger partial charge >= 0.3 is 5.69 Å². The lowest BCUT2D eigenvalue weighted by molar-refractivity contribution is 0.0703. The van der Waals surface area contributed by atoms with Gasteiger partial charge in [-0.05, 0) is 48.9 Å². The lowest BCUT2D eigenvalue weighted by atomic mass is 9.96. The predicted octanol–water partition coefficient (Wildman–Crippen LogP) is 3.71. The largest absolute Gasteiger partial charge is 0.383 e. The van der Waals surface area contributed by atoms with Crippen molar-refractivity contribution in [3.05, 3.63) is 76.5 Å². The van der Waals surface area contributed by atoms with Crippen LogP contribution in [-0.2, 0) is 11.3 Å². The first-order valence-corrected chi connectivity index (χ1v) is 11.8. The molecule has 0 spiro atoms. The summed E-state index contributed by atoms with van der Waals surface area (Å²) >= 11 is 0. The van der Waals surface area contributed by atoms with E-state index in [1.54, 1.807) is 7.11 Å². The van der Waals surface area contributed by atoms with Gasteiger partial charge in [0, 0.05) is 37.7 Å². The molecule has 1 atom stereocenters. The molecule has 0 N–H and O–H groups in total. The minimum Gasteiger partial charge on any atom is -0.383 e. The van der Waals surface area contributed by atoms with Gasteiger partial charge in [0.05, 0.1) is 13.2 Å². The molecule has 1 aromatic heterocycles. The van der Waals surface area contributed by atoms with Crippen LogP contribution in [0.1, 0.15) is 53.8 Å². The molecular weight excluding hydrogens is 416 g/mol.